The first kappa shape index (κ1) is 17.0. The van der Waals surface area contributed by atoms with Gasteiger partial charge in [0.2, 0.25) is 0 Å². The highest BCUT2D eigenvalue weighted by Gasteiger charge is 2.13. The Morgan fingerprint density at radius 3 is 2.00 bits per heavy atom. The van der Waals surface area contributed by atoms with Crippen LogP contribution in [0.2, 0.25) is 0 Å². The van der Waals surface area contributed by atoms with Gasteiger partial charge in [0, 0.05) is 19.4 Å². The highest BCUT2D eigenvalue weighted by atomic mass is 32.2. The van der Waals surface area contributed by atoms with Crippen LogP contribution in [0.1, 0.15) is 19.8 Å². The van der Waals surface area contributed by atoms with Crippen LogP contribution in [0.3, 0.4) is 0 Å². The Kier molecular flexibility index (Phi) is 6.46. The second kappa shape index (κ2) is 6.83. The number of aryl methyl sites for hydroxylation is 1. The second-order valence-electron chi connectivity index (χ2n) is 3.44. The van der Waals surface area contributed by atoms with Crippen molar-refractivity contribution >= 4 is 20.2 Å². The largest absolute Gasteiger partial charge is 0.328 e. The molecule has 0 spiro atoms. The Morgan fingerprint density at radius 1 is 1.28 bits per heavy atom. The highest BCUT2D eigenvalue weighted by Crippen LogP contribution is 2.01. The number of hydrogen-bond acceptors (Lipinski definition) is 5. The fourth-order valence-corrected chi connectivity index (χ4v) is 2.20. The Hall–Kier alpha value is -0.970. The molecule has 1 rings (SSSR count). The molecular formula is C8H16N2O6S2. The summed E-state index contributed by atoms with van der Waals surface area (Å²) in [5.41, 5.74) is 0. The van der Waals surface area contributed by atoms with Gasteiger partial charge in [0.15, 0.2) is 0 Å². The first-order valence-corrected chi connectivity index (χ1v) is 8.03. The molecular weight excluding hydrogens is 284 g/mol. The minimum Gasteiger partial charge on any atom is -0.323 e. The van der Waals surface area contributed by atoms with Gasteiger partial charge in [-0.25, -0.2) is 4.98 Å². The fraction of sp³-hybridized carbons (Fsp3) is 0.625. The van der Waals surface area contributed by atoms with Crippen molar-refractivity contribution in [2.45, 2.75) is 24.9 Å². The van der Waals surface area contributed by atoms with Crippen LogP contribution in [0.25, 0.3) is 0 Å². The van der Waals surface area contributed by atoms with Crippen LogP contribution < -0.4 is 0 Å². The molecule has 0 amide bonds. The van der Waals surface area contributed by atoms with Crippen LogP contribution in [0, 0.1) is 0 Å². The number of hydrogen-bond donors (Lipinski definition) is 2. The zero-order valence-electron chi connectivity index (χ0n) is 10.0. The molecule has 0 bridgehead atoms. The van der Waals surface area contributed by atoms with E-state index in [1.165, 1.54) is 24.0 Å². The predicted molar refractivity (Wildman–Crippen MR) is 64.3 cm³/mol. The van der Waals surface area contributed by atoms with Crippen molar-refractivity contribution in [2.75, 3.05) is 5.75 Å². The lowest BCUT2D eigenvalue weighted by molar-refractivity contribution is 0.468. The molecule has 2 N–H and O–H groups in total. The van der Waals surface area contributed by atoms with Crippen LogP contribution in [0.5, 0.6) is 0 Å². The molecule has 8 nitrogen and oxygen atoms in total. The summed E-state index contributed by atoms with van der Waals surface area (Å²) in [6.07, 6.45) is 4.06. The first-order chi connectivity index (χ1) is 8.08. The highest BCUT2D eigenvalue weighted by molar-refractivity contribution is 7.85. The summed E-state index contributed by atoms with van der Waals surface area (Å²) < 4.78 is 58.5. The van der Waals surface area contributed by atoms with Gasteiger partial charge in [-0.2, -0.15) is 16.8 Å². The van der Waals surface area contributed by atoms with Gasteiger partial charge < -0.3 is 4.57 Å². The SMILES string of the molecule is CCCCS(=O)(=O)O.Cn1ccnc1S(=O)(=O)O. The molecule has 0 aliphatic carbocycles. The summed E-state index contributed by atoms with van der Waals surface area (Å²) in [5, 5.41) is -0.340. The van der Waals surface area contributed by atoms with Crippen LogP contribution in [0.15, 0.2) is 17.6 Å². The molecule has 0 unspecified atom stereocenters. The van der Waals surface area contributed by atoms with Crippen molar-refractivity contribution in [1.82, 2.24) is 9.55 Å². The molecule has 0 radical (unpaired) electrons. The van der Waals surface area contributed by atoms with Crippen molar-refractivity contribution in [2.24, 2.45) is 7.05 Å². The molecule has 18 heavy (non-hydrogen) atoms. The number of nitrogens with zero attached hydrogens (tertiary/aromatic N) is 2. The Labute approximate surface area is 106 Å². The van der Waals surface area contributed by atoms with E-state index in [4.69, 9.17) is 9.11 Å². The number of unbranched alkanes of at least 4 members (excludes halogenated alkanes) is 1. The van der Waals surface area contributed by atoms with Gasteiger partial charge in [0.1, 0.15) is 0 Å². The van der Waals surface area contributed by atoms with Gasteiger partial charge in [0.05, 0.1) is 5.75 Å². The van der Waals surface area contributed by atoms with E-state index in [1.54, 1.807) is 0 Å². The van der Waals surface area contributed by atoms with Crippen LogP contribution in [-0.2, 0) is 27.3 Å². The molecule has 0 fully saturated rings. The van der Waals surface area contributed by atoms with Crippen molar-refractivity contribution < 1.29 is 25.9 Å². The quantitative estimate of drug-likeness (QED) is 0.767. The van der Waals surface area contributed by atoms with Gasteiger partial charge in [-0.15, -0.1) is 0 Å². The van der Waals surface area contributed by atoms with Gasteiger partial charge >= 0.3 is 10.1 Å². The van der Waals surface area contributed by atoms with E-state index in [9.17, 15) is 16.8 Å². The Morgan fingerprint density at radius 2 is 1.83 bits per heavy atom. The summed E-state index contributed by atoms with van der Waals surface area (Å²) in [6.45, 7) is 1.87. The maximum Gasteiger partial charge on any atom is 0.328 e. The summed E-state index contributed by atoms with van der Waals surface area (Å²) >= 11 is 0. The molecule has 10 heteroatoms. The van der Waals surface area contributed by atoms with Crippen molar-refractivity contribution in [3.05, 3.63) is 12.4 Å². The van der Waals surface area contributed by atoms with Crippen LogP contribution in [0.4, 0.5) is 0 Å². The lowest BCUT2D eigenvalue weighted by Gasteiger charge is -1.93. The molecule has 1 aromatic rings. The smallest absolute Gasteiger partial charge is 0.323 e. The average molecular weight is 300 g/mol. The predicted octanol–water partition coefficient (Wildman–Crippen LogP) is 0.341. The topological polar surface area (TPSA) is 127 Å². The third kappa shape index (κ3) is 7.37. The zero-order chi connectivity index (χ0) is 14.4. The minimum atomic E-state index is -4.14. The Bertz CT molecular complexity index is 560. The third-order valence-electron chi connectivity index (χ3n) is 1.76. The van der Waals surface area contributed by atoms with Gasteiger partial charge in [-0.05, 0) is 6.42 Å². The molecule has 0 aromatic carbocycles. The second-order valence-corrected chi connectivity index (χ2v) is 6.32. The van der Waals surface area contributed by atoms with E-state index in [0.29, 0.717) is 6.42 Å². The maximum atomic E-state index is 10.4. The fourth-order valence-electron chi connectivity index (χ4n) is 0.927. The standard InChI is InChI=1S/C4H6N2O3S.C4H10O3S/c1-6-3-2-5-4(6)10(7,8)9;1-2-3-4-8(5,6)7/h2-3H,1H3,(H,7,8,9);2-4H2,1H3,(H,5,6,7). The van der Waals surface area contributed by atoms with Crippen molar-refractivity contribution in [1.29, 1.82) is 0 Å². The van der Waals surface area contributed by atoms with Crippen molar-refractivity contribution in [3.63, 3.8) is 0 Å². The molecule has 106 valence electrons. The molecule has 0 saturated heterocycles. The van der Waals surface area contributed by atoms with Gasteiger partial charge in [-0.1, -0.05) is 13.3 Å². The molecule has 0 saturated carbocycles. The summed E-state index contributed by atoms with van der Waals surface area (Å²) in [4.78, 5) is 3.41. The van der Waals surface area contributed by atoms with Gasteiger partial charge in [0.25, 0.3) is 15.3 Å². The summed E-state index contributed by atoms with van der Waals surface area (Å²) in [6, 6.07) is 0. The normalized spacial score (nSPS) is 11.8. The third-order valence-corrected chi connectivity index (χ3v) is 3.42. The maximum absolute atomic E-state index is 10.4. The van der Waals surface area contributed by atoms with E-state index in [2.05, 4.69) is 4.98 Å². The van der Waals surface area contributed by atoms with Gasteiger partial charge in [-0.3, -0.25) is 9.11 Å². The zero-order valence-corrected chi connectivity index (χ0v) is 11.6. The van der Waals surface area contributed by atoms with E-state index in [-0.39, 0.29) is 10.9 Å². The average Bonchev–Trinajstić information content (AvgIpc) is 2.60. The van der Waals surface area contributed by atoms with E-state index in [1.807, 2.05) is 6.92 Å². The molecule has 0 aliphatic rings. The lowest BCUT2D eigenvalue weighted by atomic mass is 10.4. The molecule has 0 aliphatic heterocycles. The minimum absolute atomic E-state index is 0.108. The van der Waals surface area contributed by atoms with E-state index >= 15 is 0 Å². The summed E-state index contributed by atoms with van der Waals surface area (Å²) in [7, 11) is -6.34. The van der Waals surface area contributed by atoms with Crippen molar-refractivity contribution in [3.8, 4) is 0 Å². The number of aromatic nitrogens is 2. The lowest BCUT2D eigenvalue weighted by Crippen LogP contribution is -2.05. The van der Waals surface area contributed by atoms with E-state index in [0.717, 1.165) is 6.42 Å². The first-order valence-electron chi connectivity index (χ1n) is 4.98. The monoisotopic (exact) mass is 300 g/mol. The van der Waals surface area contributed by atoms with E-state index < -0.39 is 20.2 Å². The number of rotatable bonds is 4. The van der Waals surface area contributed by atoms with Crippen LogP contribution in [-0.4, -0.2) is 41.2 Å². The Balaban J connectivity index is 0.000000331. The molecule has 1 aromatic heterocycles. The number of imidazole rings is 1. The molecule has 0 atom stereocenters. The molecule has 1 heterocycles. The van der Waals surface area contributed by atoms with Crippen LogP contribution >= 0.6 is 0 Å². The summed E-state index contributed by atoms with van der Waals surface area (Å²) in [5.74, 6) is -0.108.